The van der Waals surface area contributed by atoms with Gasteiger partial charge in [0.15, 0.2) is 0 Å². The number of anilines is 1. The number of non-ortho nitro benzene ring substituents is 1. The number of hydrogen-bond donors (Lipinski definition) is 1. The Labute approximate surface area is 106 Å². The van der Waals surface area contributed by atoms with Crippen molar-refractivity contribution in [1.82, 2.24) is 0 Å². The fourth-order valence-electron chi connectivity index (χ4n) is 1.13. The van der Waals surface area contributed by atoms with Crippen LogP contribution >= 0.6 is 15.9 Å². The lowest BCUT2D eigenvalue weighted by atomic mass is 10.2. The zero-order valence-electron chi connectivity index (χ0n) is 9.27. The summed E-state index contributed by atoms with van der Waals surface area (Å²) in [6.07, 6.45) is 0. The Morgan fingerprint density at radius 1 is 1.59 bits per heavy atom. The van der Waals surface area contributed by atoms with E-state index in [1.54, 1.807) is 6.92 Å². The lowest BCUT2D eigenvalue weighted by Crippen LogP contribution is -2.20. The minimum absolute atomic E-state index is 0.0910. The van der Waals surface area contributed by atoms with Crippen molar-refractivity contribution < 1.29 is 14.5 Å². The van der Waals surface area contributed by atoms with E-state index < -0.39 is 4.92 Å². The molecule has 0 spiro atoms. The first kappa shape index (κ1) is 13.4. The summed E-state index contributed by atoms with van der Waals surface area (Å²) in [5.41, 5.74) is 0.307. The number of carbonyl (C=O) groups excluding carboxylic acids is 1. The molecule has 1 aromatic carbocycles. The normalized spacial score (nSPS) is 11.7. The van der Waals surface area contributed by atoms with Crippen LogP contribution in [0, 0.1) is 10.1 Å². The quantitative estimate of drug-likeness (QED) is 0.526. The van der Waals surface area contributed by atoms with Crippen molar-refractivity contribution in [3.8, 4) is 5.75 Å². The van der Waals surface area contributed by atoms with Crippen molar-refractivity contribution in [2.24, 2.45) is 0 Å². The van der Waals surface area contributed by atoms with E-state index in [1.807, 2.05) is 0 Å². The van der Waals surface area contributed by atoms with Crippen LogP contribution in [0.25, 0.3) is 0 Å². The van der Waals surface area contributed by atoms with E-state index in [0.717, 1.165) is 0 Å². The number of benzene rings is 1. The lowest BCUT2D eigenvalue weighted by Gasteiger charge is -2.10. The standard InChI is InChI=1S/C10H11BrN2O4/c1-6(11)10(14)12-8-4-3-7(13(15)16)5-9(8)17-2/h3-6H,1-2H3,(H,12,14). The molecule has 1 rings (SSSR count). The van der Waals surface area contributed by atoms with Crippen molar-refractivity contribution in [2.75, 3.05) is 12.4 Å². The Balaban J connectivity index is 3.01. The molecule has 1 aromatic rings. The summed E-state index contributed by atoms with van der Waals surface area (Å²) in [6, 6.07) is 4.00. The van der Waals surface area contributed by atoms with Crippen molar-refractivity contribution in [3.05, 3.63) is 28.3 Å². The molecule has 0 aliphatic heterocycles. The van der Waals surface area contributed by atoms with Gasteiger partial charge in [-0.15, -0.1) is 0 Å². The monoisotopic (exact) mass is 302 g/mol. The molecule has 0 saturated carbocycles. The molecule has 0 aromatic heterocycles. The maximum absolute atomic E-state index is 11.5. The Hall–Kier alpha value is -1.63. The number of carbonyl (C=O) groups is 1. The number of alkyl halides is 1. The number of hydrogen-bond acceptors (Lipinski definition) is 4. The SMILES string of the molecule is COc1cc([N+](=O)[O-])ccc1NC(=O)C(C)Br. The first-order valence-corrected chi connectivity index (χ1v) is 5.64. The van der Waals surface area contributed by atoms with Gasteiger partial charge in [-0.1, -0.05) is 15.9 Å². The number of methoxy groups -OCH3 is 1. The van der Waals surface area contributed by atoms with Crippen molar-refractivity contribution in [2.45, 2.75) is 11.8 Å². The van der Waals surface area contributed by atoms with Crippen LogP contribution in [0.1, 0.15) is 6.92 Å². The fraction of sp³-hybridized carbons (Fsp3) is 0.300. The molecule has 6 nitrogen and oxygen atoms in total. The number of nitro benzene ring substituents is 1. The van der Waals surface area contributed by atoms with Crippen LogP contribution in [0.2, 0.25) is 0 Å². The number of nitrogens with one attached hydrogen (secondary N) is 1. The van der Waals surface area contributed by atoms with Gasteiger partial charge < -0.3 is 10.1 Å². The number of ether oxygens (including phenoxy) is 1. The van der Waals surface area contributed by atoms with Gasteiger partial charge in [0, 0.05) is 6.07 Å². The maximum atomic E-state index is 11.5. The average molecular weight is 303 g/mol. The minimum Gasteiger partial charge on any atom is -0.494 e. The highest BCUT2D eigenvalue weighted by Crippen LogP contribution is 2.29. The summed E-state index contributed by atoms with van der Waals surface area (Å²) in [5, 5.41) is 13.2. The predicted octanol–water partition coefficient (Wildman–Crippen LogP) is 2.33. The molecule has 0 saturated heterocycles. The van der Waals surface area contributed by atoms with Gasteiger partial charge in [-0.25, -0.2) is 0 Å². The largest absolute Gasteiger partial charge is 0.494 e. The fourth-order valence-corrected chi connectivity index (χ4v) is 1.24. The first-order chi connectivity index (χ1) is 7.95. The molecule has 0 aliphatic carbocycles. The molecular formula is C10H11BrN2O4. The van der Waals surface area contributed by atoms with Gasteiger partial charge in [0.2, 0.25) is 5.91 Å². The van der Waals surface area contributed by atoms with E-state index >= 15 is 0 Å². The third kappa shape index (κ3) is 3.42. The number of nitrogens with zero attached hydrogens (tertiary/aromatic N) is 1. The number of amides is 1. The Morgan fingerprint density at radius 2 is 2.24 bits per heavy atom. The Bertz CT molecular complexity index is 448. The van der Waals surface area contributed by atoms with E-state index in [2.05, 4.69) is 21.2 Å². The molecule has 1 atom stereocenters. The summed E-state index contributed by atoms with van der Waals surface area (Å²) in [5.74, 6) is -0.00199. The molecule has 0 fully saturated rings. The second kappa shape index (κ2) is 5.62. The lowest BCUT2D eigenvalue weighted by molar-refractivity contribution is -0.384. The van der Waals surface area contributed by atoms with Crippen LogP contribution in [-0.2, 0) is 4.79 Å². The van der Waals surface area contributed by atoms with Gasteiger partial charge in [0.25, 0.3) is 5.69 Å². The van der Waals surface area contributed by atoms with Crippen molar-refractivity contribution in [1.29, 1.82) is 0 Å². The van der Waals surface area contributed by atoms with Gasteiger partial charge in [-0.2, -0.15) is 0 Å². The van der Waals surface area contributed by atoms with E-state index in [9.17, 15) is 14.9 Å². The molecule has 92 valence electrons. The minimum atomic E-state index is -0.527. The van der Waals surface area contributed by atoms with Gasteiger partial charge in [0.05, 0.1) is 28.6 Å². The summed E-state index contributed by atoms with van der Waals surface area (Å²) >= 11 is 3.12. The summed E-state index contributed by atoms with van der Waals surface area (Å²) in [7, 11) is 1.38. The van der Waals surface area contributed by atoms with Crippen LogP contribution in [-0.4, -0.2) is 22.8 Å². The number of rotatable bonds is 4. The molecule has 17 heavy (non-hydrogen) atoms. The van der Waals surface area contributed by atoms with E-state index in [1.165, 1.54) is 25.3 Å². The molecule has 7 heteroatoms. The molecule has 1 N–H and O–H groups in total. The zero-order chi connectivity index (χ0) is 13.0. The molecule has 1 amide bonds. The second-order valence-corrected chi connectivity index (χ2v) is 4.62. The molecule has 0 heterocycles. The Morgan fingerprint density at radius 3 is 2.71 bits per heavy atom. The number of halogens is 1. The second-order valence-electron chi connectivity index (χ2n) is 3.25. The third-order valence-electron chi connectivity index (χ3n) is 2.02. The summed E-state index contributed by atoms with van der Waals surface area (Å²) in [4.78, 5) is 21.1. The molecule has 0 aliphatic rings. The van der Waals surface area contributed by atoms with Gasteiger partial charge in [0.1, 0.15) is 5.75 Å². The van der Waals surface area contributed by atoms with Crippen LogP contribution in [0.3, 0.4) is 0 Å². The van der Waals surface area contributed by atoms with Crippen LogP contribution in [0.15, 0.2) is 18.2 Å². The van der Waals surface area contributed by atoms with E-state index in [4.69, 9.17) is 4.74 Å². The van der Waals surface area contributed by atoms with Crippen LogP contribution in [0.4, 0.5) is 11.4 Å². The maximum Gasteiger partial charge on any atom is 0.273 e. The predicted molar refractivity (Wildman–Crippen MR) is 66.7 cm³/mol. The molecule has 0 bridgehead atoms. The van der Waals surface area contributed by atoms with Crippen LogP contribution in [0.5, 0.6) is 5.75 Å². The molecular weight excluding hydrogens is 292 g/mol. The zero-order valence-corrected chi connectivity index (χ0v) is 10.9. The highest BCUT2D eigenvalue weighted by molar-refractivity contribution is 9.10. The molecule has 0 radical (unpaired) electrons. The summed E-state index contributed by atoms with van der Waals surface area (Å²) in [6.45, 7) is 1.67. The average Bonchev–Trinajstić information content (AvgIpc) is 2.28. The number of nitro groups is 1. The first-order valence-electron chi connectivity index (χ1n) is 4.73. The smallest absolute Gasteiger partial charge is 0.273 e. The van der Waals surface area contributed by atoms with Gasteiger partial charge >= 0.3 is 0 Å². The highest BCUT2D eigenvalue weighted by Gasteiger charge is 2.15. The highest BCUT2D eigenvalue weighted by atomic mass is 79.9. The Kier molecular flexibility index (Phi) is 4.45. The molecule has 1 unspecified atom stereocenters. The van der Waals surface area contributed by atoms with E-state index in [0.29, 0.717) is 5.69 Å². The summed E-state index contributed by atoms with van der Waals surface area (Å²) < 4.78 is 4.98. The van der Waals surface area contributed by atoms with Crippen LogP contribution < -0.4 is 10.1 Å². The van der Waals surface area contributed by atoms with Crippen molar-refractivity contribution in [3.63, 3.8) is 0 Å². The topological polar surface area (TPSA) is 81.5 Å². The van der Waals surface area contributed by atoms with Crippen molar-refractivity contribution >= 4 is 33.2 Å². The van der Waals surface area contributed by atoms with Gasteiger partial charge in [-0.3, -0.25) is 14.9 Å². The third-order valence-corrected chi connectivity index (χ3v) is 2.43. The van der Waals surface area contributed by atoms with Gasteiger partial charge in [-0.05, 0) is 13.0 Å². The van der Waals surface area contributed by atoms with E-state index in [-0.39, 0.29) is 22.2 Å².